The summed E-state index contributed by atoms with van der Waals surface area (Å²) in [6.07, 6.45) is 1.68. The molecule has 8 heteroatoms. The van der Waals surface area contributed by atoms with Gasteiger partial charge in [0, 0.05) is 6.54 Å². The Morgan fingerprint density at radius 1 is 0.875 bits per heavy atom. The van der Waals surface area contributed by atoms with Crippen LogP contribution in [0, 0.1) is 0 Å². The van der Waals surface area contributed by atoms with Crippen molar-refractivity contribution in [3.63, 3.8) is 0 Å². The van der Waals surface area contributed by atoms with Crippen molar-refractivity contribution in [2.75, 3.05) is 11.0 Å². The number of rotatable bonds is 5. The largest absolute Gasteiger partial charge is 0.444 e. The fourth-order valence-corrected chi connectivity index (χ4v) is 2.02. The first-order valence-electron chi connectivity index (χ1n) is 8.03. The zero-order valence-electron chi connectivity index (χ0n) is 15.5. The number of amides is 2. The standard InChI is InChI=1S/C16H30IN3O4/c1-15(2,3)23-13(21)19-12(18-11-9-7-8-10-17)20-14(22)24-16(4,5)6/h7-11H2,1-6H3,(H2,18,19,20,21,22). The van der Waals surface area contributed by atoms with Crippen molar-refractivity contribution in [3.05, 3.63) is 0 Å². The van der Waals surface area contributed by atoms with Gasteiger partial charge in [-0.1, -0.05) is 29.0 Å². The van der Waals surface area contributed by atoms with Crippen molar-refractivity contribution in [2.45, 2.75) is 72.0 Å². The molecular formula is C16H30IN3O4. The van der Waals surface area contributed by atoms with Gasteiger partial charge in [0.2, 0.25) is 5.96 Å². The van der Waals surface area contributed by atoms with Crippen molar-refractivity contribution in [3.8, 4) is 0 Å². The Kier molecular flexibility index (Phi) is 10.3. The molecule has 0 aliphatic carbocycles. The number of carbonyl (C=O) groups excluding carboxylic acids is 2. The number of carbonyl (C=O) groups is 2. The number of alkyl carbamates (subject to hydrolysis) is 2. The van der Waals surface area contributed by atoms with Gasteiger partial charge in [-0.15, -0.1) is 0 Å². The SMILES string of the molecule is CC(C)(C)OC(=O)NC(=NCCCCCI)NC(=O)OC(C)(C)C. The highest BCUT2D eigenvalue weighted by Gasteiger charge is 2.21. The number of alkyl halides is 1. The zero-order valence-corrected chi connectivity index (χ0v) is 17.7. The van der Waals surface area contributed by atoms with Gasteiger partial charge in [0.05, 0.1) is 0 Å². The molecule has 0 fully saturated rings. The van der Waals surface area contributed by atoms with Crippen LogP contribution in [0.5, 0.6) is 0 Å². The Balaban J connectivity index is 4.73. The van der Waals surface area contributed by atoms with Crippen LogP contribution in [-0.2, 0) is 9.47 Å². The van der Waals surface area contributed by atoms with Gasteiger partial charge in [-0.25, -0.2) is 9.59 Å². The number of nitrogens with zero attached hydrogens (tertiary/aromatic N) is 1. The van der Waals surface area contributed by atoms with Gasteiger partial charge in [0.25, 0.3) is 0 Å². The van der Waals surface area contributed by atoms with E-state index in [0.717, 1.165) is 23.7 Å². The number of hydrogen-bond acceptors (Lipinski definition) is 5. The lowest BCUT2D eigenvalue weighted by Gasteiger charge is -2.22. The van der Waals surface area contributed by atoms with Gasteiger partial charge in [-0.2, -0.15) is 0 Å². The second kappa shape index (κ2) is 10.7. The van der Waals surface area contributed by atoms with E-state index in [1.54, 1.807) is 41.5 Å². The lowest BCUT2D eigenvalue weighted by Crippen LogP contribution is -2.47. The summed E-state index contributed by atoms with van der Waals surface area (Å²) in [5, 5.41) is 4.91. The lowest BCUT2D eigenvalue weighted by atomic mass is 10.2. The number of halogens is 1. The van der Waals surface area contributed by atoms with Crippen molar-refractivity contribution in [1.82, 2.24) is 10.6 Å². The Morgan fingerprint density at radius 3 is 1.71 bits per heavy atom. The van der Waals surface area contributed by atoms with Crippen LogP contribution in [-0.4, -0.2) is 40.3 Å². The molecule has 0 unspecified atom stereocenters. The molecule has 0 bridgehead atoms. The molecule has 2 amide bonds. The second-order valence-electron chi connectivity index (χ2n) is 7.23. The molecular weight excluding hydrogens is 425 g/mol. The molecule has 24 heavy (non-hydrogen) atoms. The summed E-state index contributed by atoms with van der Waals surface area (Å²) in [7, 11) is 0. The van der Waals surface area contributed by atoms with E-state index in [4.69, 9.17) is 9.47 Å². The van der Waals surface area contributed by atoms with Gasteiger partial charge in [-0.05, 0) is 58.8 Å². The van der Waals surface area contributed by atoms with Gasteiger partial charge >= 0.3 is 12.2 Å². The molecule has 0 atom stereocenters. The summed E-state index contributed by atoms with van der Waals surface area (Å²) < 4.78 is 11.4. The summed E-state index contributed by atoms with van der Waals surface area (Å²) in [6, 6.07) is 0. The highest BCUT2D eigenvalue weighted by atomic mass is 127. The number of nitrogens with one attached hydrogen (secondary N) is 2. The Morgan fingerprint density at radius 2 is 1.33 bits per heavy atom. The summed E-state index contributed by atoms with van der Waals surface area (Å²) in [5.41, 5.74) is -1.28. The summed E-state index contributed by atoms with van der Waals surface area (Å²) >= 11 is 2.33. The quantitative estimate of drug-likeness (QED) is 0.216. The molecule has 0 aliphatic rings. The van der Waals surface area contributed by atoms with Gasteiger partial charge in [0.1, 0.15) is 11.2 Å². The third-order valence-electron chi connectivity index (χ3n) is 2.30. The molecule has 0 saturated carbocycles. The first-order chi connectivity index (χ1) is 10.9. The molecule has 0 aromatic rings. The minimum atomic E-state index is -0.676. The van der Waals surface area contributed by atoms with Crippen LogP contribution in [0.2, 0.25) is 0 Å². The van der Waals surface area contributed by atoms with Crippen LogP contribution in [0.3, 0.4) is 0 Å². The van der Waals surface area contributed by atoms with E-state index in [-0.39, 0.29) is 5.96 Å². The molecule has 0 rings (SSSR count). The Hall–Kier alpha value is -1.06. The number of aliphatic imine (C=N–C) groups is 1. The molecule has 7 nitrogen and oxygen atoms in total. The Bertz CT molecular complexity index is 408. The average Bonchev–Trinajstić information content (AvgIpc) is 2.33. The van der Waals surface area contributed by atoms with Crippen LogP contribution in [0.15, 0.2) is 4.99 Å². The lowest BCUT2D eigenvalue weighted by molar-refractivity contribution is 0.0545. The van der Waals surface area contributed by atoms with E-state index in [1.165, 1.54) is 0 Å². The van der Waals surface area contributed by atoms with Crippen molar-refractivity contribution >= 4 is 40.7 Å². The topological polar surface area (TPSA) is 89.0 Å². The van der Waals surface area contributed by atoms with E-state index in [2.05, 4.69) is 38.2 Å². The zero-order chi connectivity index (χ0) is 18.8. The van der Waals surface area contributed by atoms with Crippen LogP contribution in [0.1, 0.15) is 60.8 Å². The van der Waals surface area contributed by atoms with E-state index >= 15 is 0 Å². The summed E-state index contributed by atoms with van der Waals surface area (Å²) in [5.74, 6) is 0.0352. The molecule has 0 saturated heterocycles. The highest BCUT2D eigenvalue weighted by molar-refractivity contribution is 14.1. The highest BCUT2D eigenvalue weighted by Crippen LogP contribution is 2.07. The first-order valence-corrected chi connectivity index (χ1v) is 9.56. The fourth-order valence-electron chi connectivity index (χ4n) is 1.48. The van der Waals surface area contributed by atoms with E-state index < -0.39 is 23.4 Å². The Labute approximate surface area is 158 Å². The number of guanidine groups is 1. The number of ether oxygens (including phenoxy) is 2. The number of hydrogen-bond donors (Lipinski definition) is 2. The smallest absolute Gasteiger partial charge is 0.414 e. The minimum Gasteiger partial charge on any atom is -0.444 e. The molecule has 140 valence electrons. The average molecular weight is 455 g/mol. The third kappa shape index (κ3) is 14.5. The van der Waals surface area contributed by atoms with E-state index in [0.29, 0.717) is 6.54 Å². The minimum absolute atomic E-state index is 0.0352. The molecule has 0 spiro atoms. The molecule has 2 N–H and O–H groups in total. The second-order valence-corrected chi connectivity index (χ2v) is 8.31. The maximum Gasteiger partial charge on any atom is 0.414 e. The van der Waals surface area contributed by atoms with E-state index in [9.17, 15) is 9.59 Å². The third-order valence-corrected chi connectivity index (χ3v) is 3.06. The molecule has 0 radical (unpaired) electrons. The predicted octanol–water partition coefficient (Wildman–Crippen LogP) is 4.00. The van der Waals surface area contributed by atoms with Crippen LogP contribution < -0.4 is 10.6 Å². The van der Waals surface area contributed by atoms with E-state index in [1.807, 2.05) is 0 Å². The predicted molar refractivity (Wildman–Crippen MR) is 104 cm³/mol. The maximum absolute atomic E-state index is 11.9. The van der Waals surface area contributed by atoms with Gasteiger partial charge in [-0.3, -0.25) is 15.6 Å². The maximum atomic E-state index is 11.9. The molecule has 0 aromatic heterocycles. The van der Waals surface area contributed by atoms with Crippen LogP contribution >= 0.6 is 22.6 Å². The molecule has 0 aliphatic heterocycles. The van der Waals surface area contributed by atoms with Gasteiger partial charge in [0.15, 0.2) is 0 Å². The normalized spacial score (nSPS) is 11.5. The van der Waals surface area contributed by atoms with Crippen LogP contribution in [0.25, 0.3) is 0 Å². The molecule has 0 aromatic carbocycles. The van der Waals surface area contributed by atoms with Crippen molar-refractivity contribution in [2.24, 2.45) is 4.99 Å². The monoisotopic (exact) mass is 455 g/mol. The fraction of sp³-hybridized carbons (Fsp3) is 0.812. The van der Waals surface area contributed by atoms with Crippen molar-refractivity contribution < 1.29 is 19.1 Å². The van der Waals surface area contributed by atoms with Crippen molar-refractivity contribution in [1.29, 1.82) is 0 Å². The first kappa shape index (κ1) is 22.9. The van der Waals surface area contributed by atoms with Crippen LogP contribution in [0.4, 0.5) is 9.59 Å². The molecule has 0 heterocycles. The summed E-state index contributed by atoms with van der Waals surface area (Å²) in [6.45, 7) is 11.0. The summed E-state index contributed by atoms with van der Waals surface area (Å²) in [4.78, 5) is 28.0. The van der Waals surface area contributed by atoms with Gasteiger partial charge < -0.3 is 9.47 Å². The number of unbranched alkanes of at least 4 members (excludes halogenated alkanes) is 2.